The zero-order chi connectivity index (χ0) is 33.7. The number of amides is 1. The molecule has 1 aliphatic rings. The Morgan fingerprint density at radius 2 is 1.76 bits per heavy atom. The number of carbonyl (C=O) groups excluding carboxylic acids is 1. The molecule has 1 aliphatic heterocycles. The third kappa shape index (κ3) is 6.04. The lowest BCUT2D eigenvalue weighted by Crippen LogP contribution is -2.59. The maximum Gasteiger partial charge on any atom is 0.410 e. The van der Waals surface area contributed by atoms with Gasteiger partial charge in [-0.2, -0.15) is 10.2 Å². The summed E-state index contributed by atoms with van der Waals surface area (Å²) in [5, 5.41) is 10.8. The maximum absolute atomic E-state index is 15.3. The first-order valence-corrected chi connectivity index (χ1v) is 15.5. The van der Waals surface area contributed by atoms with Crippen LogP contribution >= 0.6 is 0 Å². The lowest BCUT2D eigenvalue weighted by Gasteiger charge is -2.45. The predicted octanol–water partition coefficient (Wildman–Crippen LogP) is 6.43. The number of fused-ring (bicyclic) bond motifs is 1. The summed E-state index contributed by atoms with van der Waals surface area (Å²) >= 11 is 0. The van der Waals surface area contributed by atoms with Crippen LogP contribution in [0.4, 0.5) is 15.0 Å². The van der Waals surface area contributed by atoms with E-state index in [-0.39, 0.29) is 40.5 Å². The zero-order valence-corrected chi connectivity index (χ0v) is 27.8. The van der Waals surface area contributed by atoms with Crippen molar-refractivity contribution in [3.63, 3.8) is 0 Å². The summed E-state index contributed by atoms with van der Waals surface area (Å²) in [5.74, 6) is -0.226. The molecular weight excluding hydrogens is 585 g/mol. The van der Waals surface area contributed by atoms with E-state index in [1.165, 1.54) is 10.6 Å². The van der Waals surface area contributed by atoms with Gasteiger partial charge in [-0.05, 0) is 84.2 Å². The Labute approximate surface area is 268 Å². The zero-order valence-electron chi connectivity index (χ0n) is 27.8. The molecule has 46 heavy (non-hydrogen) atoms. The van der Waals surface area contributed by atoms with Crippen LogP contribution < -0.4 is 10.6 Å². The monoisotopic (exact) mass is 625 g/mol. The average molecular weight is 626 g/mol. The largest absolute Gasteiger partial charge is 0.444 e. The Balaban J connectivity index is 1.80. The van der Waals surface area contributed by atoms with E-state index in [0.29, 0.717) is 35.7 Å². The van der Waals surface area contributed by atoms with Gasteiger partial charge in [0.1, 0.15) is 23.3 Å². The Morgan fingerprint density at radius 3 is 2.37 bits per heavy atom. The quantitative estimate of drug-likeness (QED) is 0.255. The van der Waals surface area contributed by atoms with Gasteiger partial charge in [0.2, 0.25) is 0 Å². The van der Waals surface area contributed by atoms with Crippen LogP contribution in [-0.2, 0) is 4.74 Å². The highest BCUT2D eigenvalue weighted by Gasteiger charge is 2.36. The number of piperazine rings is 1. The molecule has 1 aromatic carbocycles. The minimum atomic E-state index is -0.643. The second kappa shape index (κ2) is 12.2. The lowest BCUT2D eigenvalue weighted by atomic mass is 10.0. The first-order chi connectivity index (χ1) is 21.6. The fourth-order valence-electron chi connectivity index (χ4n) is 6.14. The molecule has 240 valence electrons. The summed E-state index contributed by atoms with van der Waals surface area (Å²) in [6.45, 7) is 17.7. The second-order valence-electron chi connectivity index (χ2n) is 13.4. The molecule has 11 heteroatoms. The van der Waals surface area contributed by atoms with Crippen molar-refractivity contribution < 1.29 is 13.9 Å². The molecule has 4 heterocycles. The van der Waals surface area contributed by atoms with Gasteiger partial charge in [-0.25, -0.2) is 23.5 Å². The maximum atomic E-state index is 15.3. The summed E-state index contributed by atoms with van der Waals surface area (Å²) in [6, 6.07) is 9.75. The van der Waals surface area contributed by atoms with E-state index < -0.39 is 23.2 Å². The van der Waals surface area contributed by atoms with E-state index >= 15 is 4.39 Å². The van der Waals surface area contributed by atoms with Crippen LogP contribution in [0.3, 0.4) is 0 Å². The summed E-state index contributed by atoms with van der Waals surface area (Å²) in [4.78, 5) is 45.0. The van der Waals surface area contributed by atoms with Crippen molar-refractivity contribution in [2.24, 2.45) is 0 Å². The van der Waals surface area contributed by atoms with Crippen molar-refractivity contribution in [3.8, 4) is 23.0 Å². The number of hydrogen-bond donors (Lipinski definition) is 0. The fraction of sp³-hybridized carbons (Fsp3) is 0.429. The fourth-order valence-corrected chi connectivity index (χ4v) is 6.14. The molecule has 1 saturated heterocycles. The van der Waals surface area contributed by atoms with Crippen LogP contribution in [0.25, 0.3) is 28.0 Å². The van der Waals surface area contributed by atoms with Gasteiger partial charge in [0.25, 0.3) is 0 Å². The van der Waals surface area contributed by atoms with E-state index in [2.05, 4.69) is 16.0 Å². The molecule has 2 atom stereocenters. The highest BCUT2D eigenvalue weighted by molar-refractivity contribution is 5.92. The molecular formula is C35H40FN7O3. The van der Waals surface area contributed by atoms with E-state index in [1.807, 2.05) is 73.3 Å². The van der Waals surface area contributed by atoms with Gasteiger partial charge < -0.3 is 14.5 Å². The Kier molecular flexibility index (Phi) is 8.60. The third-order valence-corrected chi connectivity index (χ3v) is 8.09. The molecule has 10 nitrogen and oxygen atoms in total. The number of aromatic nitrogens is 4. The SMILES string of the molecule is Cc1ccc(F)c(-c2nc3c(cc2C#N)c(N2C(C)CN(C(=O)OC(C)(C)C)CC2C)nc(=O)n3-c2c(C)ccnc2C(C)C)c1. The van der Waals surface area contributed by atoms with Crippen molar-refractivity contribution in [1.29, 1.82) is 5.26 Å². The topological polar surface area (TPSA) is 117 Å². The Morgan fingerprint density at radius 1 is 1.09 bits per heavy atom. The van der Waals surface area contributed by atoms with Crippen molar-refractivity contribution >= 4 is 22.9 Å². The predicted molar refractivity (Wildman–Crippen MR) is 176 cm³/mol. The summed E-state index contributed by atoms with van der Waals surface area (Å²) in [5.41, 5.74) is 2.26. The van der Waals surface area contributed by atoms with Gasteiger partial charge in [-0.1, -0.05) is 25.5 Å². The van der Waals surface area contributed by atoms with Gasteiger partial charge in [0.05, 0.1) is 28.0 Å². The number of carbonyl (C=O) groups is 1. The molecule has 0 saturated carbocycles. The molecule has 0 spiro atoms. The van der Waals surface area contributed by atoms with E-state index in [4.69, 9.17) is 9.72 Å². The number of pyridine rings is 2. The number of rotatable bonds is 4. The molecule has 0 bridgehead atoms. The second-order valence-corrected chi connectivity index (χ2v) is 13.4. The smallest absolute Gasteiger partial charge is 0.410 e. The normalized spacial score (nSPS) is 17.0. The standard InChI is InChI=1S/C35H40FN7O3/c1-19(2)28-30(21(4)12-13-38-28)43-31-26(15-24(16-37)29(39-31)25-14-20(3)10-11-27(25)36)32(40-33(43)44)42-22(5)17-41(18-23(42)6)34(45)46-35(7,8)9/h10-15,19,22-23H,17-18H2,1-9H3. The van der Waals surface area contributed by atoms with Gasteiger partial charge in [0, 0.05) is 36.9 Å². The van der Waals surface area contributed by atoms with E-state index in [9.17, 15) is 14.9 Å². The molecule has 1 fully saturated rings. The summed E-state index contributed by atoms with van der Waals surface area (Å²) in [6.07, 6.45) is 1.29. The van der Waals surface area contributed by atoms with E-state index in [0.717, 1.165) is 11.1 Å². The lowest BCUT2D eigenvalue weighted by molar-refractivity contribution is 0.0192. The molecule has 3 aromatic heterocycles. The molecule has 5 rings (SSSR count). The molecule has 0 aliphatic carbocycles. The first kappa shape index (κ1) is 32.5. The van der Waals surface area contributed by atoms with E-state index in [1.54, 1.807) is 29.3 Å². The minimum absolute atomic E-state index is 0.0374. The number of nitrogens with zero attached hydrogens (tertiary/aromatic N) is 7. The van der Waals surface area contributed by atoms with Gasteiger partial charge in [-0.15, -0.1) is 0 Å². The van der Waals surface area contributed by atoms with Crippen LogP contribution in [0.2, 0.25) is 0 Å². The number of benzene rings is 1. The molecule has 2 unspecified atom stereocenters. The molecule has 0 N–H and O–H groups in total. The number of nitriles is 1. The average Bonchev–Trinajstić information content (AvgIpc) is 2.97. The highest BCUT2D eigenvalue weighted by Crippen LogP contribution is 2.35. The Hall–Kier alpha value is -4.85. The third-order valence-electron chi connectivity index (χ3n) is 8.09. The Bertz CT molecular complexity index is 1930. The number of hydrogen-bond acceptors (Lipinski definition) is 8. The van der Waals surface area contributed by atoms with Crippen LogP contribution in [0.1, 0.15) is 76.8 Å². The van der Waals surface area contributed by atoms with Crippen molar-refractivity contribution in [1.82, 2.24) is 24.4 Å². The van der Waals surface area contributed by atoms with Gasteiger partial charge >= 0.3 is 11.8 Å². The first-order valence-electron chi connectivity index (χ1n) is 15.5. The van der Waals surface area contributed by atoms with Crippen LogP contribution in [-0.4, -0.2) is 61.3 Å². The van der Waals surface area contributed by atoms with Crippen LogP contribution in [0.15, 0.2) is 41.3 Å². The molecule has 0 radical (unpaired) electrons. The summed E-state index contributed by atoms with van der Waals surface area (Å²) in [7, 11) is 0. The molecule has 4 aromatic rings. The number of anilines is 1. The number of halogens is 1. The number of ether oxygens (including phenoxy) is 1. The summed E-state index contributed by atoms with van der Waals surface area (Å²) < 4.78 is 22.4. The van der Waals surface area contributed by atoms with Gasteiger partial charge in [0.15, 0.2) is 5.65 Å². The van der Waals surface area contributed by atoms with Gasteiger partial charge in [-0.3, -0.25) is 4.98 Å². The van der Waals surface area contributed by atoms with Crippen molar-refractivity contribution in [2.75, 3.05) is 18.0 Å². The minimum Gasteiger partial charge on any atom is -0.444 e. The molecule has 1 amide bonds. The van der Waals surface area contributed by atoms with Crippen LogP contribution in [0.5, 0.6) is 0 Å². The van der Waals surface area contributed by atoms with Crippen molar-refractivity contribution in [2.45, 2.75) is 85.9 Å². The van der Waals surface area contributed by atoms with Crippen molar-refractivity contribution in [3.05, 3.63) is 75.2 Å². The highest BCUT2D eigenvalue weighted by atomic mass is 19.1. The van der Waals surface area contributed by atoms with Crippen LogP contribution in [0, 0.1) is 31.0 Å². The number of aryl methyl sites for hydroxylation is 2.